The van der Waals surface area contributed by atoms with Crippen LogP contribution in [0.5, 0.6) is 0 Å². The molecule has 3 N–H and O–H groups in total. The van der Waals surface area contributed by atoms with Gasteiger partial charge in [-0.05, 0) is 0 Å². The van der Waals surface area contributed by atoms with Gasteiger partial charge in [-0.25, -0.2) is 4.98 Å². The Labute approximate surface area is 60.9 Å². The fraction of sp³-hybridized carbons (Fsp3) is 0. The third-order valence-corrected chi connectivity index (χ3v) is 1.04. The van der Waals surface area contributed by atoms with E-state index in [0.29, 0.717) is 0 Å². The van der Waals surface area contributed by atoms with E-state index in [4.69, 9.17) is 10.9 Å². The maximum Gasteiger partial charge on any atom is 0.286 e. The zero-order valence-electron chi connectivity index (χ0n) is 5.39. The molecule has 0 bridgehead atoms. The molecule has 0 saturated heterocycles. The molecule has 1 aromatic rings. The molecule has 0 aliphatic heterocycles. The van der Waals surface area contributed by atoms with E-state index in [1.807, 2.05) is 0 Å². The van der Waals surface area contributed by atoms with Crippen molar-refractivity contribution in [3.05, 3.63) is 28.4 Å². The van der Waals surface area contributed by atoms with Gasteiger partial charge in [-0.2, -0.15) is 0 Å². The predicted octanol–water partition coefficient (Wildman–Crippen LogP) is -1.42. The number of amides is 1. The average Bonchev–Trinajstić information content (AvgIpc) is 1.94. The molecule has 1 heterocycles. The number of carbonyl (C=O) groups excluding carboxylic acids is 1. The average molecular weight is 155 g/mol. The van der Waals surface area contributed by atoms with Crippen molar-refractivity contribution in [1.82, 2.24) is 9.71 Å². The molecule has 0 atom stereocenters. The topological polar surface area (TPSA) is 98.2 Å². The van der Waals surface area contributed by atoms with Crippen molar-refractivity contribution in [2.75, 3.05) is 0 Å². The molecule has 0 saturated carbocycles. The van der Waals surface area contributed by atoms with Crippen LogP contribution in [0.4, 0.5) is 0 Å². The van der Waals surface area contributed by atoms with Gasteiger partial charge >= 0.3 is 0 Å². The molecule has 0 fully saturated rings. The molecule has 0 aromatic carbocycles. The van der Waals surface area contributed by atoms with Crippen LogP contribution in [-0.4, -0.2) is 20.8 Å². The van der Waals surface area contributed by atoms with Gasteiger partial charge in [0.05, 0.1) is 0 Å². The zero-order valence-corrected chi connectivity index (χ0v) is 5.39. The lowest BCUT2D eigenvalue weighted by molar-refractivity contribution is 0.0993. The van der Waals surface area contributed by atoms with Crippen molar-refractivity contribution in [3.8, 4) is 0 Å². The van der Waals surface area contributed by atoms with E-state index >= 15 is 0 Å². The molecule has 0 spiro atoms. The molecule has 6 heteroatoms. The van der Waals surface area contributed by atoms with Crippen LogP contribution in [0.3, 0.4) is 0 Å². The summed E-state index contributed by atoms with van der Waals surface area (Å²) in [7, 11) is 0. The Kier molecular flexibility index (Phi) is 1.59. The molecule has 0 radical (unpaired) electrons. The molecule has 1 rings (SSSR count). The van der Waals surface area contributed by atoms with E-state index < -0.39 is 11.5 Å². The summed E-state index contributed by atoms with van der Waals surface area (Å²) >= 11 is 0. The van der Waals surface area contributed by atoms with Crippen molar-refractivity contribution in [2.24, 2.45) is 5.73 Å². The Morgan fingerprint density at radius 1 is 1.73 bits per heavy atom. The van der Waals surface area contributed by atoms with Crippen LogP contribution in [0.25, 0.3) is 0 Å². The summed E-state index contributed by atoms with van der Waals surface area (Å²) in [6.45, 7) is 0. The van der Waals surface area contributed by atoms with Crippen molar-refractivity contribution < 1.29 is 10.0 Å². The third-order valence-electron chi connectivity index (χ3n) is 1.04. The maximum absolute atomic E-state index is 10.6. The fourth-order valence-corrected chi connectivity index (χ4v) is 0.529. The number of carbonyl (C=O) groups is 1. The van der Waals surface area contributed by atoms with Crippen LogP contribution in [0.15, 0.2) is 17.2 Å². The van der Waals surface area contributed by atoms with Gasteiger partial charge < -0.3 is 10.9 Å². The van der Waals surface area contributed by atoms with E-state index in [2.05, 4.69) is 4.98 Å². The van der Waals surface area contributed by atoms with Crippen molar-refractivity contribution in [1.29, 1.82) is 0 Å². The van der Waals surface area contributed by atoms with Gasteiger partial charge in [-0.3, -0.25) is 9.59 Å². The normalized spacial score (nSPS) is 9.45. The lowest BCUT2D eigenvalue weighted by Crippen LogP contribution is -2.22. The Balaban J connectivity index is 3.26. The molecule has 0 unspecified atom stereocenters. The largest absolute Gasteiger partial charge is 0.424 e. The van der Waals surface area contributed by atoms with Crippen LogP contribution >= 0.6 is 0 Å². The number of hydrogen-bond acceptors (Lipinski definition) is 4. The van der Waals surface area contributed by atoms with Crippen LogP contribution in [0.2, 0.25) is 0 Å². The second-order valence-corrected chi connectivity index (χ2v) is 1.82. The second kappa shape index (κ2) is 2.41. The highest BCUT2D eigenvalue weighted by Gasteiger charge is 2.02. The molecule has 0 aliphatic rings. The SMILES string of the molecule is NC(=O)c1cc(=O)n(O)cn1. The highest BCUT2D eigenvalue weighted by Crippen LogP contribution is 1.83. The van der Waals surface area contributed by atoms with Crippen molar-refractivity contribution in [2.45, 2.75) is 0 Å². The summed E-state index contributed by atoms with van der Waals surface area (Å²) in [4.78, 5) is 24.4. The fourth-order valence-electron chi connectivity index (χ4n) is 0.529. The Hall–Kier alpha value is -1.85. The number of hydrogen-bond donors (Lipinski definition) is 2. The smallest absolute Gasteiger partial charge is 0.286 e. The summed E-state index contributed by atoms with van der Waals surface area (Å²) in [5, 5.41) is 8.62. The highest BCUT2D eigenvalue weighted by molar-refractivity contribution is 5.90. The number of rotatable bonds is 1. The van der Waals surface area contributed by atoms with Crippen LogP contribution in [0, 0.1) is 0 Å². The van der Waals surface area contributed by atoms with E-state index in [-0.39, 0.29) is 10.4 Å². The summed E-state index contributed by atoms with van der Waals surface area (Å²) < 4.78 is 0.256. The van der Waals surface area contributed by atoms with Gasteiger partial charge in [-0.15, -0.1) is 4.73 Å². The number of nitrogens with zero attached hydrogens (tertiary/aromatic N) is 2. The van der Waals surface area contributed by atoms with Crippen LogP contribution < -0.4 is 11.3 Å². The first kappa shape index (κ1) is 7.26. The minimum absolute atomic E-state index is 0.166. The predicted molar refractivity (Wildman–Crippen MR) is 34.2 cm³/mol. The van der Waals surface area contributed by atoms with E-state index in [1.165, 1.54) is 0 Å². The minimum atomic E-state index is -0.803. The quantitative estimate of drug-likeness (QED) is 0.486. The molecular weight excluding hydrogens is 150 g/mol. The van der Waals surface area contributed by atoms with Gasteiger partial charge in [0.2, 0.25) is 0 Å². The maximum atomic E-state index is 10.6. The minimum Gasteiger partial charge on any atom is -0.424 e. The third kappa shape index (κ3) is 1.34. The van der Waals surface area contributed by atoms with E-state index in [0.717, 1.165) is 12.4 Å². The number of nitrogens with two attached hydrogens (primary N) is 1. The summed E-state index contributed by atoms with van der Waals surface area (Å²) in [6, 6.07) is 0.850. The first-order chi connectivity index (χ1) is 5.11. The molecule has 1 amide bonds. The van der Waals surface area contributed by atoms with Crippen molar-refractivity contribution >= 4 is 5.91 Å². The van der Waals surface area contributed by atoms with Gasteiger partial charge in [0.25, 0.3) is 11.5 Å². The molecule has 1 aromatic heterocycles. The first-order valence-corrected chi connectivity index (χ1v) is 2.69. The number of aromatic nitrogens is 2. The van der Waals surface area contributed by atoms with Crippen LogP contribution in [-0.2, 0) is 0 Å². The Bertz CT molecular complexity index is 343. The molecular formula is C5H5N3O3. The summed E-state index contributed by atoms with van der Waals surface area (Å²) in [5.41, 5.74) is 3.89. The van der Waals surface area contributed by atoms with Crippen molar-refractivity contribution in [3.63, 3.8) is 0 Å². The molecule has 0 aliphatic carbocycles. The molecule has 6 nitrogen and oxygen atoms in total. The summed E-state index contributed by atoms with van der Waals surface area (Å²) in [5.74, 6) is -0.803. The van der Waals surface area contributed by atoms with Gasteiger partial charge in [-0.1, -0.05) is 0 Å². The van der Waals surface area contributed by atoms with Crippen LogP contribution in [0.1, 0.15) is 10.5 Å². The Morgan fingerprint density at radius 3 is 2.82 bits per heavy atom. The lowest BCUT2D eigenvalue weighted by atomic mass is 10.4. The molecule has 11 heavy (non-hydrogen) atoms. The first-order valence-electron chi connectivity index (χ1n) is 2.69. The molecule has 58 valence electrons. The van der Waals surface area contributed by atoms with Gasteiger partial charge in [0.15, 0.2) is 0 Å². The van der Waals surface area contributed by atoms with Gasteiger partial charge in [0.1, 0.15) is 12.0 Å². The second-order valence-electron chi connectivity index (χ2n) is 1.82. The zero-order chi connectivity index (χ0) is 8.43. The monoisotopic (exact) mass is 155 g/mol. The van der Waals surface area contributed by atoms with E-state index in [1.54, 1.807) is 0 Å². The highest BCUT2D eigenvalue weighted by atomic mass is 16.5. The summed E-state index contributed by atoms with van der Waals surface area (Å²) in [6.07, 6.45) is 0.808. The lowest BCUT2D eigenvalue weighted by Gasteiger charge is -1.94. The standard InChI is InChI=1S/C5H5N3O3/c6-5(10)3-1-4(9)8(11)2-7-3/h1-2,11H,(H2,6,10). The Morgan fingerprint density at radius 2 is 2.36 bits per heavy atom. The van der Waals surface area contributed by atoms with Gasteiger partial charge in [0, 0.05) is 6.07 Å². The number of primary amides is 1. The van der Waals surface area contributed by atoms with E-state index in [9.17, 15) is 9.59 Å².